The second-order valence-electron chi connectivity index (χ2n) is 4.74. The SMILES string of the molecule is COCCn1c(=NC(=O)Cn2cncn2)sc2cc(Cl)ccc21. The summed E-state index contributed by atoms with van der Waals surface area (Å²) in [7, 11) is 1.64. The lowest BCUT2D eigenvalue weighted by Crippen LogP contribution is -2.20. The van der Waals surface area contributed by atoms with Gasteiger partial charge in [0.25, 0.3) is 5.91 Å². The molecule has 2 aromatic heterocycles. The maximum absolute atomic E-state index is 12.1. The number of benzene rings is 1. The first-order valence-electron chi connectivity index (χ1n) is 6.85. The standard InChI is InChI=1S/C14H14ClN5O2S/c1-22-5-4-20-11-3-2-10(15)6-12(11)23-14(20)18-13(21)7-19-9-16-8-17-19/h2-3,6,8-9H,4-5,7H2,1H3. The zero-order valence-electron chi connectivity index (χ0n) is 12.3. The number of carbonyl (C=O) groups excluding carboxylic acids is 1. The van der Waals surface area contributed by atoms with Crippen LogP contribution in [0.3, 0.4) is 0 Å². The Labute approximate surface area is 140 Å². The van der Waals surface area contributed by atoms with E-state index in [-0.39, 0.29) is 12.5 Å². The number of methoxy groups -OCH3 is 1. The van der Waals surface area contributed by atoms with Crippen molar-refractivity contribution in [3.05, 3.63) is 40.7 Å². The predicted molar refractivity (Wildman–Crippen MR) is 87.3 cm³/mol. The maximum atomic E-state index is 12.1. The molecule has 9 heteroatoms. The van der Waals surface area contributed by atoms with Gasteiger partial charge in [0.2, 0.25) is 0 Å². The number of amides is 1. The fourth-order valence-corrected chi connectivity index (χ4v) is 3.48. The molecule has 0 bridgehead atoms. The third-order valence-corrected chi connectivity index (χ3v) is 4.42. The van der Waals surface area contributed by atoms with E-state index in [0.717, 1.165) is 10.2 Å². The van der Waals surface area contributed by atoms with E-state index >= 15 is 0 Å². The number of fused-ring (bicyclic) bond motifs is 1. The van der Waals surface area contributed by atoms with E-state index in [0.29, 0.717) is 23.0 Å². The van der Waals surface area contributed by atoms with Crippen molar-refractivity contribution in [2.45, 2.75) is 13.1 Å². The number of rotatable bonds is 5. The summed E-state index contributed by atoms with van der Waals surface area (Å²) in [5, 5.41) is 4.56. The van der Waals surface area contributed by atoms with Gasteiger partial charge >= 0.3 is 0 Å². The quantitative estimate of drug-likeness (QED) is 0.701. The molecule has 1 amide bonds. The molecule has 0 radical (unpaired) electrons. The second kappa shape index (κ2) is 7.03. The number of thiazole rings is 1. The first-order valence-corrected chi connectivity index (χ1v) is 8.04. The normalized spacial score (nSPS) is 12.2. The van der Waals surface area contributed by atoms with E-state index in [9.17, 15) is 4.79 Å². The van der Waals surface area contributed by atoms with Crippen LogP contribution in [0.2, 0.25) is 5.02 Å². The van der Waals surface area contributed by atoms with Crippen LogP contribution < -0.4 is 4.80 Å². The molecule has 0 aliphatic rings. The van der Waals surface area contributed by atoms with Crippen LogP contribution in [0.25, 0.3) is 10.2 Å². The first kappa shape index (κ1) is 15.9. The highest BCUT2D eigenvalue weighted by atomic mass is 35.5. The van der Waals surface area contributed by atoms with Crippen molar-refractivity contribution >= 4 is 39.1 Å². The minimum atomic E-state index is -0.292. The summed E-state index contributed by atoms with van der Waals surface area (Å²) in [5.41, 5.74) is 0.976. The van der Waals surface area contributed by atoms with Crippen LogP contribution >= 0.6 is 22.9 Å². The van der Waals surface area contributed by atoms with Crippen LogP contribution in [-0.4, -0.2) is 39.0 Å². The third kappa shape index (κ3) is 3.66. The van der Waals surface area contributed by atoms with Gasteiger partial charge in [-0.2, -0.15) is 10.1 Å². The van der Waals surface area contributed by atoms with Gasteiger partial charge in [0.15, 0.2) is 4.80 Å². The fraction of sp³-hybridized carbons (Fsp3) is 0.286. The summed E-state index contributed by atoms with van der Waals surface area (Å²) in [6.07, 6.45) is 2.87. The van der Waals surface area contributed by atoms with Gasteiger partial charge in [0.05, 0.1) is 16.8 Å². The number of carbonyl (C=O) groups is 1. The minimum absolute atomic E-state index is 0.0548. The number of hydrogen-bond donors (Lipinski definition) is 0. The lowest BCUT2D eigenvalue weighted by atomic mass is 10.3. The lowest BCUT2D eigenvalue weighted by molar-refractivity contribution is -0.118. The van der Waals surface area contributed by atoms with E-state index in [4.69, 9.17) is 16.3 Å². The molecule has 0 unspecified atom stereocenters. The van der Waals surface area contributed by atoms with Crippen molar-refractivity contribution in [3.63, 3.8) is 0 Å². The molecule has 120 valence electrons. The summed E-state index contributed by atoms with van der Waals surface area (Å²) in [5.74, 6) is -0.292. The van der Waals surface area contributed by atoms with Crippen LogP contribution in [0.5, 0.6) is 0 Å². The Morgan fingerprint density at radius 1 is 1.48 bits per heavy atom. The second-order valence-corrected chi connectivity index (χ2v) is 6.19. The number of ether oxygens (including phenoxy) is 1. The van der Waals surface area contributed by atoms with E-state index < -0.39 is 0 Å². The van der Waals surface area contributed by atoms with Gasteiger partial charge in [-0.15, -0.1) is 0 Å². The molecule has 0 saturated carbocycles. The molecule has 1 aromatic carbocycles. The average Bonchev–Trinajstić information content (AvgIpc) is 3.12. The van der Waals surface area contributed by atoms with Crippen LogP contribution in [0.1, 0.15) is 0 Å². The number of hydrogen-bond acceptors (Lipinski definition) is 5. The Hall–Kier alpha value is -2.03. The summed E-state index contributed by atoms with van der Waals surface area (Å²) >= 11 is 7.46. The highest BCUT2D eigenvalue weighted by molar-refractivity contribution is 7.16. The molecule has 0 saturated heterocycles. The van der Waals surface area contributed by atoms with E-state index in [1.807, 2.05) is 22.8 Å². The zero-order chi connectivity index (χ0) is 16.2. The van der Waals surface area contributed by atoms with E-state index in [1.54, 1.807) is 7.11 Å². The Kier molecular flexibility index (Phi) is 4.85. The summed E-state index contributed by atoms with van der Waals surface area (Å²) < 4.78 is 9.51. The predicted octanol–water partition coefficient (Wildman–Crippen LogP) is 1.72. The van der Waals surface area contributed by atoms with Crippen molar-refractivity contribution < 1.29 is 9.53 Å². The van der Waals surface area contributed by atoms with Crippen LogP contribution in [0, 0.1) is 0 Å². The first-order chi connectivity index (χ1) is 11.2. The Balaban J connectivity index is 2.00. The zero-order valence-corrected chi connectivity index (χ0v) is 13.9. The topological polar surface area (TPSA) is 74.3 Å². The highest BCUT2D eigenvalue weighted by Crippen LogP contribution is 2.21. The molecule has 0 aliphatic heterocycles. The molecular weight excluding hydrogens is 338 g/mol. The summed E-state index contributed by atoms with van der Waals surface area (Å²) in [6.45, 7) is 1.19. The van der Waals surface area contributed by atoms with Gasteiger partial charge in [0.1, 0.15) is 19.2 Å². The molecule has 3 aromatic rings. The lowest BCUT2D eigenvalue weighted by Gasteiger charge is -2.04. The average molecular weight is 352 g/mol. The van der Waals surface area contributed by atoms with E-state index in [2.05, 4.69) is 15.1 Å². The third-order valence-electron chi connectivity index (χ3n) is 3.15. The van der Waals surface area contributed by atoms with Crippen LogP contribution in [-0.2, 0) is 22.6 Å². The van der Waals surface area contributed by atoms with Gasteiger partial charge in [-0.05, 0) is 18.2 Å². The van der Waals surface area contributed by atoms with Crippen molar-refractivity contribution in [2.24, 2.45) is 4.99 Å². The van der Waals surface area contributed by atoms with Crippen LogP contribution in [0.15, 0.2) is 35.8 Å². The Morgan fingerprint density at radius 3 is 3.09 bits per heavy atom. The molecule has 3 rings (SSSR count). The Bertz CT molecular complexity index is 884. The van der Waals surface area contributed by atoms with Gasteiger partial charge in [-0.1, -0.05) is 22.9 Å². The monoisotopic (exact) mass is 351 g/mol. The molecule has 0 atom stereocenters. The van der Waals surface area contributed by atoms with Gasteiger partial charge in [-0.25, -0.2) is 9.67 Å². The molecule has 0 aliphatic carbocycles. The summed E-state index contributed by atoms with van der Waals surface area (Å²) in [4.78, 5) is 20.8. The van der Waals surface area contributed by atoms with Crippen molar-refractivity contribution in [2.75, 3.05) is 13.7 Å². The van der Waals surface area contributed by atoms with Crippen LogP contribution in [0.4, 0.5) is 0 Å². The van der Waals surface area contributed by atoms with Crippen molar-refractivity contribution in [1.29, 1.82) is 0 Å². The number of nitrogens with zero attached hydrogens (tertiary/aromatic N) is 5. The largest absolute Gasteiger partial charge is 0.383 e. The molecular formula is C14H14ClN5O2S. The van der Waals surface area contributed by atoms with Gasteiger partial charge in [-0.3, -0.25) is 4.79 Å². The smallest absolute Gasteiger partial charge is 0.270 e. The molecule has 7 nitrogen and oxygen atoms in total. The maximum Gasteiger partial charge on any atom is 0.270 e. The fourth-order valence-electron chi connectivity index (χ4n) is 2.13. The van der Waals surface area contributed by atoms with E-state index in [1.165, 1.54) is 28.7 Å². The molecule has 0 N–H and O–H groups in total. The molecule has 0 spiro atoms. The van der Waals surface area contributed by atoms with Gasteiger partial charge < -0.3 is 9.30 Å². The highest BCUT2D eigenvalue weighted by Gasteiger charge is 2.09. The van der Waals surface area contributed by atoms with Gasteiger partial charge in [0, 0.05) is 18.7 Å². The van der Waals surface area contributed by atoms with Crippen molar-refractivity contribution in [1.82, 2.24) is 19.3 Å². The number of halogens is 1. The minimum Gasteiger partial charge on any atom is -0.383 e. The molecule has 0 fully saturated rings. The molecule has 2 heterocycles. The number of aromatic nitrogens is 4. The summed E-state index contributed by atoms with van der Waals surface area (Å²) in [6, 6.07) is 5.61. The van der Waals surface area contributed by atoms with Crippen molar-refractivity contribution in [3.8, 4) is 0 Å². The molecule has 23 heavy (non-hydrogen) atoms. The Morgan fingerprint density at radius 2 is 2.35 bits per heavy atom.